The van der Waals surface area contributed by atoms with Gasteiger partial charge in [-0.25, -0.2) is 4.39 Å². The number of pyridine rings is 1. The molecule has 2 rings (SSSR count). The van der Waals surface area contributed by atoms with Crippen molar-refractivity contribution in [3.8, 4) is 11.3 Å². The second kappa shape index (κ2) is 4.93. The molecule has 0 amide bonds. The van der Waals surface area contributed by atoms with Crippen LogP contribution in [0.3, 0.4) is 0 Å². The predicted octanol–water partition coefficient (Wildman–Crippen LogP) is 4.44. The van der Waals surface area contributed by atoms with E-state index in [0.717, 1.165) is 16.8 Å². The average Bonchev–Trinajstić information content (AvgIpc) is 2.30. The zero-order chi connectivity index (χ0) is 11.5. The second-order valence-electron chi connectivity index (χ2n) is 3.30. The molecule has 1 aromatic heterocycles. The smallest absolute Gasteiger partial charge is 0.123 e. The van der Waals surface area contributed by atoms with Crippen LogP contribution < -0.4 is 0 Å². The number of hydrogen-bond acceptors (Lipinski definition) is 1. The Morgan fingerprint density at radius 3 is 2.56 bits per heavy atom. The van der Waals surface area contributed by atoms with Gasteiger partial charge in [-0.05, 0) is 35.9 Å². The maximum Gasteiger partial charge on any atom is 0.123 e. The lowest BCUT2D eigenvalue weighted by molar-refractivity contribution is 0.628. The van der Waals surface area contributed by atoms with E-state index in [2.05, 4.69) is 20.9 Å². The van der Waals surface area contributed by atoms with Gasteiger partial charge in [0, 0.05) is 17.1 Å². The summed E-state index contributed by atoms with van der Waals surface area (Å²) in [5, 5.41) is 1.26. The van der Waals surface area contributed by atoms with Crippen molar-refractivity contribution in [1.29, 1.82) is 0 Å². The van der Waals surface area contributed by atoms with Crippen LogP contribution >= 0.6 is 27.5 Å². The van der Waals surface area contributed by atoms with E-state index < -0.39 is 0 Å². The van der Waals surface area contributed by atoms with Gasteiger partial charge in [0.1, 0.15) is 5.82 Å². The van der Waals surface area contributed by atoms with Gasteiger partial charge in [0.25, 0.3) is 0 Å². The molecular formula is C12H8BrClFN. The average molecular weight is 301 g/mol. The Morgan fingerprint density at radius 2 is 1.94 bits per heavy atom. The summed E-state index contributed by atoms with van der Waals surface area (Å²) in [4.78, 5) is 4.26. The van der Waals surface area contributed by atoms with Crippen molar-refractivity contribution in [2.75, 3.05) is 0 Å². The minimum Gasteiger partial charge on any atom is -0.254 e. The van der Waals surface area contributed by atoms with Crippen LogP contribution in [0.25, 0.3) is 11.3 Å². The van der Waals surface area contributed by atoms with Gasteiger partial charge in [-0.1, -0.05) is 27.5 Å². The van der Waals surface area contributed by atoms with Crippen LogP contribution in [0.5, 0.6) is 0 Å². The van der Waals surface area contributed by atoms with Crippen molar-refractivity contribution in [2.24, 2.45) is 0 Å². The summed E-state index contributed by atoms with van der Waals surface area (Å²) in [5.41, 5.74) is 2.69. The fourth-order valence-electron chi connectivity index (χ4n) is 1.45. The van der Waals surface area contributed by atoms with E-state index in [1.807, 2.05) is 6.07 Å². The van der Waals surface area contributed by atoms with Gasteiger partial charge in [-0.3, -0.25) is 4.98 Å². The topological polar surface area (TPSA) is 12.9 Å². The molecule has 0 saturated carbocycles. The number of aromatic nitrogens is 1. The first-order chi connectivity index (χ1) is 7.70. The van der Waals surface area contributed by atoms with Crippen molar-refractivity contribution in [3.63, 3.8) is 0 Å². The number of hydrogen-bond donors (Lipinski definition) is 0. The number of benzene rings is 1. The first-order valence-corrected chi connectivity index (χ1v) is 6.17. The molecule has 0 aliphatic rings. The van der Waals surface area contributed by atoms with E-state index in [9.17, 15) is 4.39 Å². The lowest BCUT2D eigenvalue weighted by Gasteiger charge is -2.06. The van der Waals surface area contributed by atoms with E-state index in [-0.39, 0.29) is 5.82 Å². The van der Waals surface area contributed by atoms with Crippen LogP contribution in [0.15, 0.2) is 36.5 Å². The number of rotatable bonds is 2. The summed E-state index contributed by atoms with van der Waals surface area (Å²) in [5.74, 6) is -0.252. The Morgan fingerprint density at radius 1 is 1.25 bits per heavy atom. The van der Waals surface area contributed by atoms with Crippen LogP contribution in [-0.4, -0.2) is 4.98 Å². The largest absolute Gasteiger partial charge is 0.254 e. The highest BCUT2D eigenvalue weighted by atomic mass is 79.9. The fraction of sp³-hybridized carbons (Fsp3) is 0.0833. The highest BCUT2D eigenvalue weighted by Crippen LogP contribution is 2.25. The molecular weight excluding hydrogens is 292 g/mol. The van der Waals surface area contributed by atoms with Gasteiger partial charge in [0.05, 0.1) is 10.7 Å². The van der Waals surface area contributed by atoms with Crippen LogP contribution in [0, 0.1) is 5.82 Å². The minimum atomic E-state index is -0.252. The predicted molar refractivity (Wildman–Crippen MR) is 67.3 cm³/mol. The Bertz CT molecular complexity index is 499. The van der Waals surface area contributed by atoms with Crippen LogP contribution in [0.1, 0.15) is 5.56 Å². The zero-order valence-corrected chi connectivity index (χ0v) is 10.6. The summed E-state index contributed by atoms with van der Waals surface area (Å²) in [6.07, 6.45) is 1.59. The van der Waals surface area contributed by atoms with Gasteiger partial charge in [0.15, 0.2) is 0 Å². The first kappa shape index (κ1) is 11.6. The van der Waals surface area contributed by atoms with Crippen molar-refractivity contribution < 1.29 is 4.39 Å². The Kier molecular flexibility index (Phi) is 3.56. The molecule has 0 radical (unpaired) electrons. The normalized spacial score (nSPS) is 10.4. The molecule has 16 heavy (non-hydrogen) atoms. The molecule has 0 fully saturated rings. The SMILES string of the molecule is Fc1ccc(-c2ncc(Cl)cc2CBr)cc1. The van der Waals surface area contributed by atoms with Crippen LogP contribution in [-0.2, 0) is 5.33 Å². The molecule has 0 aliphatic carbocycles. The van der Waals surface area contributed by atoms with Gasteiger partial charge >= 0.3 is 0 Å². The highest BCUT2D eigenvalue weighted by molar-refractivity contribution is 9.08. The third kappa shape index (κ3) is 2.42. The third-order valence-corrected chi connectivity index (χ3v) is 3.01. The monoisotopic (exact) mass is 299 g/mol. The van der Waals surface area contributed by atoms with Gasteiger partial charge in [0.2, 0.25) is 0 Å². The molecule has 0 saturated heterocycles. The number of halogens is 3. The molecule has 1 aromatic carbocycles. The molecule has 2 aromatic rings. The van der Waals surface area contributed by atoms with E-state index in [1.54, 1.807) is 18.3 Å². The molecule has 0 N–H and O–H groups in total. The second-order valence-corrected chi connectivity index (χ2v) is 4.30. The Balaban J connectivity index is 2.51. The summed E-state index contributed by atoms with van der Waals surface area (Å²) in [6.45, 7) is 0. The Hall–Kier alpha value is -0.930. The van der Waals surface area contributed by atoms with Gasteiger partial charge < -0.3 is 0 Å². The third-order valence-electron chi connectivity index (χ3n) is 2.19. The molecule has 0 unspecified atom stereocenters. The molecule has 0 spiro atoms. The van der Waals surface area contributed by atoms with Crippen molar-refractivity contribution >= 4 is 27.5 Å². The maximum atomic E-state index is 12.8. The molecule has 82 valence electrons. The molecule has 0 atom stereocenters. The van der Waals surface area contributed by atoms with Crippen molar-refractivity contribution in [3.05, 3.63) is 52.9 Å². The molecule has 0 aliphatic heterocycles. The molecule has 1 nitrogen and oxygen atoms in total. The summed E-state index contributed by atoms with van der Waals surface area (Å²) in [6, 6.07) is 8.10. The van der Waals surface area contributed by atoms with E-state index in [4.69, 9.17) is 11.6 Å². The van der Waals surface area contributed by atoms with E-state index in [0.29, 0.717) is 10.4 Å². The fourth-order valence-corrected chi connectivity index (χ4v) is 2.06. The standard InChI is InChI=1S/C12H8BrClFN/c13-6-9-5-10(14)7-16-12(9)8-1-3-11(15)4-2-8/h1-5,7H,6H2. The van der Waals surface area contributed by atoms with Crippen LogP contribution in [0.2, 0.25) is 5.02 Å². The minimum absolute atomic E-state index is 0.252. The molecule has 4 heteroatoms. The quantitative estimate of drug-likeness (QED) is 0.747. The van der Waals surface area contributed by atoms with Crippen molar-refractivity contribution in [1.82, 2.24) is 4.98 Å². The van der Waals surface area contributed by atoms with Crippen molar-refractivity contribution in [2.45, 2.75) is 5.33 Å². The number of nitrogens with zero attached hydrogens (tertiary/aromatic N) is 1. The summed E-state index contributed by atoms with van der Waals surface area (Å²) in [7, 11) is 0. The molecule has 0 bridgehead atoms. The van der Waals surface area contributed by atoms with E-state index in [1.165, 1.54) is 12.1 Å². The first-order valence-electron chi connectivity index (χ1n) is 4.67. The van der Waals surface area contributed by atoms with Gasteiger partial charge in [-0.2, -0.15) is 0 Å². The maximum absolute atomic E-state index is 12.8. The molecule has 1 heterocycles. The lowest BCUT2D eigenvalue weighted by Crippen LogP contribution is -1.90. The zero-order valence-electron chi connectivity index (χ0n) is 8.25. The Labute approximate surface area is 106 Å². The highest BCUT2D eigenvalue weighted by Gasteiger charge is 2.06. The lowest BCUT2D eigenvalue weighted by atomic mass is 10.1. The summed E-state index contributed by atoms with van der Waals surface area (Å²) < 4.78 is 12.8. The van der Waals surface area contributed by atoms with E-state index >= 15 is 0 Å². The van der Waals surface area contributed by atoms with Crippen LogP contribution in [0.4, 0.5) is 4.39 Å². The van der Waals surface area contributed by atoms with Gasteiger partial charge in [-0.15, -0.1) is 0 Å². The summed E-state index contributed by atoms with van der Waals surface area (Å²) >= 11 is 9.25. The number of alkyl halides is 1.